The van der Waals surface area contributed by atoms with Crippen LogP contribution in [0.15, 0.2) is 36.4 Å². The van der Waals surface area contributed by atoms with Crippen LogP contribution in [0.3, 0.4) is 0 Å². The zero-order valence-electron chi connectivity index (χ0n) is 22.1. The van der Waals surface area contributed by atoms with Gasteiger partial charge >= 0.3 is 6.09 Å². The molecule has 0 aromatic heterocycles. The molecule has 1 heterocycles. The van der Waals surface area contributed by atoms with E-state index in [4.69, 9.17) is 9.16 Å². The Hall–Kier alpha value is -2.89. The van der Waals surface area contributed by atoms with Crippen LogP contribution in [-0.4, -0.2) is 49.5 Å². The van der Waals surface area contributed by atoms with Crippen molar-refractivity contribution in [1.29, 1.82) is 5.26 Å². The predicted molar refractivity (Wildman–Crippen MR) is 141 cm³/mol. The molecule has 7 nitrogen and oxygen atoms in total. The third-order valence-electron chi connectivity index (χ3n) is 6.79. The zero-order valence-corrected chi connectivity index (χ0v) is 23.1. The molecule has 3 rings (SSSR count). The summed E-state index contributed by atoms with van der Waals surface area (Å²) < 4.78 is 12.3. The largest absolute Gasteiger partial charge is 0.444 e. The molecule has 0 spiro atoms. The summed E-state index contributed by atoms with van der Waals surface area (Å²) >= 11 is 0. The van der Waals surface area contributed by atoms with Gasteiger partial charge in [-0.2, -0.15) is 5.26 Å². The average Bonchev–Trinajstić information content (AvgIpc) is 3.15. The van der Waals surface area contributed by atoms with Crippen molar-refractivity contribution in [2.45, 2.75) is 83.8 Å². The highest BCUT2D eigenvalue weighted by molar-refractivity contribution is 6.74. The van der Waals surface area contributed by atoms with Gasteiger partial charge in [-0.15, -0.1) is 0 Å². The first kappa shape index (κ1) is 26.7. The predicted octanol–water partition coefficient (Wildman–Crippen LogP) is 6.05. The highest BCUT2D eigenvalue weighted by Gasteiger charge is 2.48. The van der Waals surface area contributed by atoms with Crippen molar-refractivity contribution in [1.82, 2.24) is 4.90 Å². The zero-order chi connectivity index (χ0) is 26.2. The van der Waals surface area contributed by atoms with Crippen molar-refractivity contribution < 1.29 is 18.8 Å². The van der Waals surface area contributed by atoms with E-state index >= 15 is 0 Å². The molecule has 0 unspecified atom stereocenters. The molecule has 0 saturated carbocycles. The number of hydrogen-bond donors (Lipinski definition) is 1. The second kappa shape index (κ2) is 9.63. The number of nitrogens with one attached hydrogen (secondary N) is 1. The molecule has 2 aromatic carbocycles. The summed E-state index contributed by atoms with van der Waals surface area (Å²) in [6.07, 6.45) is -0.408. The van der Waals surface area contributed by atoms with E-state index in [1.165, 1.54) is 4.90 Å². The molecule has 1 aliphatic heterocycles. The highest BCUT2D eigenvalue weighted by Crippen LogP contribution is 2.40. The molecule has 0 radical (unpaired) electrons. The van der Waals surface area contributed by atoms with Crippen LogP contribution >= 0.6 is 0 Å². The summed E-state index contributed by atoms with van der Waals surface area (Å²) in [6, 6.07) is 12.3. The van der Waals surface area contributed by atoms with Gasteiger partial charge in [-0.3, -0.25) is 9.69 Å². The molecule has 0 bridgehead atoms. The Kier molecular flexibility index (Phi) is 7.35. The number of benzene rings is 2. The van der Waals surface area contributed by atoms with Crippen molar-refractivity contribution >= 4 is 36.8 Å². The SMILES string of the molecule is CC(C)(C)OC(=O)N1CC[C@H](O[Si](C)(C)C(C)(C)C)[C@H]1C(=O)Nc1ccc(C#N)c2ccccc12. The van der Waals surface area contributed by atoms with Gasteiger partial charge in [-0.25, -0.2) is 4.79 Å². The minimum Gasteiger partial charge on any atom is -0.444 e. The molecular weight excluding hydrogens is 458 g/mol. The minimum absolute atomic E-state index is 0.0449. The summed E-state index contributed by atoms with van der Waals surface area (Å²) in [4.78, 5) is 28.3. The van der Waals surface area contributed by atoms with Gasteiger partial charge in [0.25, 0.3) is 0 Å². The van der Waals surface area contributed by atoms with Crippen molar-refractivity contribution in [2.24, 2.45) is 0 Å². The third-order valence-corrected chi connectivity index (χ3v) is 11.3. The molecule has 0 aliphatic carbocycles. The maximum Gasteiger partial charge on any atom is 0.411 e. The van der Waals surface area contributed by atoms with Crippen molar-refractivity contribution in [3.8, 4) is 6.07 Å². The number of carbonyl (C=O) groups is 2. The van der Waals surface area contributed by atoms with Crippen LogP contribution in [0.1, 0.15) is 53.5 Å². The molecule has 2 aromatic rings. The number of amides is 2. The highest BCUT2D eigenvalue weighted by atomic mass is 28.4. The van der Waals surface area contributed by atoms with Gasteiger partial charge in [0.2, 0.25) is 5.91 Å². The standard InChI is InChI=1S/C27H37N3O4Si/c1-26(2,3)33-25(32)30-16-15-22(34-35(7,8)27(4,5)6)23(30)24(31)29-21-14-13-18(17-28)19-11-9-10-12-20(19)21/h9-14,22-23H,15-16H2,1-8H3,(H,29,31)/t22-,23-/m0/s1. The molecular formula is C27H37N3O4Si. The first-order valence-corrected chi connectivity index (χ1v) is 15.0. The number of fused-ring (bicyclic) bond motifs is 1. The summed E-state index contributed by atoms with van der Waals surface area (Å²) in [5, 5.41) is 14.0. The second-order valence-electron chi connectivity index (χ2n) is 11.6. The summed E-state index contributed by atoms with van der Waals surface area (Å²) in [6.45, 7) is 16.5. The lowest BCUT2D eigenvalue weighted by molar-refractivity contribution is -0.122. The van der Waals surface area contributed by atoms with Gasteiger partial charge in [-0.05, 0) is 57.5 Å². The Morgan fingerprint density at radius 2 is 1.69 bits per heavy atom. The summed E-state index contributed by atoms with van der Waals surface area (Å²) in [5.74, 6) is -0.327. The number of rotatable bonds is 4. The monoisotopic (exact) mass is 495 g/mol. The second-order valence-corrected chi connectivity index (χ2v) is 16.4. The first-order chi connectivity index (χ1) is 16.1. The maximum atomic E-state index is 13.7. The lowest BCUT2D eigenvalue weighted by Crippen LogP contribution is -2.53. The van der Waals surface area contributed by atoms with E-state index in [0.29, 0.717) is 24.2 Å². The number of likely N-dealkylation sites (tertiary alicyclic amines) is 1. The van der Waals surface area contributed by atoms with Crippen LogP contribution < -0.4 is 5.32 Å². The van der Waals surface area contributed by atoms with E-state index in [1.807, 2.05) is 45.0 Å². The maximum absolute atomic E-state index is 13.7. The van der Waals surface area contributed by atoms with Gasteiger partial charge in [0.15, 0.2) is 8.32 Å². The van der Waals surface area contributed by atoms with Crippen LogP contribution in [-0.2, 0) is 14.0 Å². The van der Waals surface area contributed by atoms with Crippen LogP contribution in [0.2, 0.25) is 18.1 Å². The number of ether oxygens (including phenoxy) is 1. The number of hydrogen-bond acceptors (Lipinski definition) is 5. The molecule has 1 fully saturated rings. The number of anilines is 1. The van der Waals surface area contributed by atoms with Crippen molar-refractivity contribution in [2.75, 3.05) is 11.9 Å². The van der Waals surface area contributed by atoms with E-state index in [1.54, 1.807) is 12.1 Å². The van der Waals surface area contributed by atoms with E-state index < -0.39 is 32.2 Å². The molecule has 1 aliphatic rings. The molecule has 1 N–H and O–H groups in total. The molecule has 35 heavy (non-hydrogen) atoms. The first-order valence-electron chi connectivity index (χ1n) is 12.0. The number of nitrogens with zero attached hydrogens (tertiary/aromatic N) is 2. The molecule has 8 heteroatoms. The lowest BCUT2D eigenvalue weighted by atomic mass is 10.0. The summed E-state index contributed by atoms with van der Waals surface area (Å²) in [7, 11) is -2.21. The van der Waals surface area contributed by atoms with E-state index in [0.717, 1.165) is 10.8 Å². The van der Waals surface area contributed by atoms with Crippen LogP contribution in [0, 0.1) is 11.3 Å². The van der Waals surface area contributed by atoms with Gasteiger partial charge < -0.3 is 14.5 Å². The third kappa shape index (κ3) is 5.85. The normalized spacial score (nSPS) is 18.9. The van der Waals surface area contributed by atoms with Crippen molar-refractivity contribution in [3.63, 3.8) is 0 Å². The quantitative estimate of drug-likeness (QED) is 0.521. The average molecular weight is 496 g/mol. The van der Waals surface area contributed by atoms with E-state index in [-0.39, 0.29) is 10.9 Å². The fourth-order valence-electron chi connectivity index (χ4n) is 3.99. The molecule has 1 saturated heterocycles. The minimum atomic E-state index is -2.21. The van der Waals surface area contributed by atoms with Crippen LogP contribution in [0.25, 0.3) is 10.8 Å². The van der Waals surface area contributed by atoms with Crippen LogP contribution in [0.4, 0.5) is 10.5 Å². The Morgan fingerprint density at radius 1 is 1.06 bits per heavy atom. The van der Waals surface area contributed by atoms with Gasteiger partial charge in [0, 0.05) is 23.0 Å². The molecule has 2 atom stereocenters. The Balaban J connectivity index is 1.96. The molecule has 2 amide bonds. The number of carbonyl (C=O) groups excluding carboxylic acids is 2. The topological polar surface area (TPSA) is 91.7 Å². The number of nitriles is 1. The fraction of sp³-hybridized carbons (Fsp3) is 0.519. The smallest absolute Gasteiger partial charge is 0.411 e. The van der Waals surface area contributed by atoms with Gasteiger partial charge in [-0.1, -0.05) is 45.0 Å². The van der Waals surface area contributed by atoms with Gasteiger partial charge in [0.1, 0.15) is 11.6 Å². The Labute approximate surface area is 209 Å². The van der Waals surface area contributed by atoms with Gasteiger partial charge in [0.05, 0.1) is 17.7 Å². The van der Waals surface area contributed by atoms with E-state index in [9.17, 15) is 14.9 Å². The fourth-order valence-corrected chi connectivity index (χ4v) is 5.35. The molecule has 188 valence electrons. The van der Waals surface area contributed by atoms with Crippen molar-refractivity contribution in [3.05, 3.63) is 42.0 Å². The Morgan fingerprint density at radius 3 is 2.26 bits per heavy atom. The summed E-state index contributed by atoms with van der Waals surface area (Å²) in [5.41, 5.74) is 0.445. The van der Waals surface area contributed by atoms with E-state index in [2.05, 4.69) is 45.3 Å². The van der Waals surface area contributed by atoms with Crippen LogP contribution in [0.5, 0.6) is 0 Å². The Bertz CT molecular complexity index is 1160. The lowest BCUT2D eigenvalue weighted by Gasteiger charge is -2.40.